The summed E-state index contributed by atoms with van der Waals surface area (Å²) in [5, 5.41) is 10.0. The minimum atomic E-state index is -1.27. The van der Waals surface area contributed by atoms with E-state index in [1.54, 1.807) is 32.8 Å². The molecule has 0 aliphatic rings. The van der Waals surface area contributed by atoms with Crippen LogP contribution in [0, 0.1) is 6.92 Å². The summed E-state index contributed by atoms with van der Waals surface area (Å²) in [6.07, 6.45) is 0.421. The molecule has 0 aliphatic heterocycles. The largest absolute Gasteiger partial charge is 0.477 e. The number of carboxylic acid groups (broad SMARTS) is 1. The van der Waals surface area contributed by atoms with Crippen molar-refractivity contribution in [1.29, 1.82) is 0 Å². The number of rotatable bonds is 5. The number of nitrogens with zero attached hydrogens (tertiary/aromatic N) is 1. The van der Waals surface area contributed by atoms with Gasteiger partial charge in [-0.2, -0.15) is 0 Å². The number of ketones is 1. The number of benzene rings is 1. The lowest BCUT2D eigenvalue weighted by Crippen LogP contribution is -2.22. The normalized spacial score (nSPS) is 11.9. The lowest BCUT2D eigenvalue weighted by molar-refractivity contribution is -0.132. The fourth-order valence-corrected chi connectivity index (χ4v) is 2.50. The second-order valence-corrected chi connectivity index (χ2v) is 5.52. The van der Waals surface area contributed by atoms with E-state index in [9.17, 15) is 14.7 Å². The van der Waals surface area contributed by atoms with Gasteiger partial charge in [-0.25, -0.2) is 4.79 Å². The van der Waals surface area contributed by atoms with Crippen LogP contribution in [0.25, 0.3) is 0 Å². The van der Waals surface area contributed by atoms with Gasteiger partial charge in [0, 0.05) is 30.4 Å². The Balaban J connectivity index is 3.53. The monoisotopic (exact) mass is 329 g/mol. The molecule has 1 rings (SSSR count). The van der Waals surface area contributed by atoms with Gasteiger partial charge in [-0.3, -0.25) is 4.79 Å². The average molecular weight is 330 g/mol. The Morgan fingerprint density at radius 2 is 1.81 bits per heavy atom. The molecule has 4 nitrogen and oxygen atoms in total. The number of carbonyl (C=O) groups excluding carboxylic acids is 1. The third kappa shape index (κ3) is 3.57. The highest BCUT2D eigenvalue weighted by Gasteiger charge is 2.26. The summed E-state index contributed by atoms with van der Waals surface area (Å²) in [5.41, 5.74) is 0.864. The Bertz CT molecular complexity index is 622. The number of carbonyl (C=O) groups is 2. The zero-order valence-corrected chi connectivity index (χ0v) is 13.8. The third-order valence-electron chi connectivity index (χ3n) is 3.17. The first-order valence-corrected chi connectivity index (χ1v) is 7.11. The van der Waals surface area contributed by atoms with E-state index < -0.39 is 11.8 Å². The highest BCUT2D eigenvalue weighted by Crippen LogP contribution is 2.29. The van der Waals surface area contributed by atoms with Crippen LogP contribution >= 0.6 is 23.2 Å². The number of hydrogen-bond donors (Lipinski definition) is 1. The summed E-state index contributed by atoms with van der Waals surface area (Å²) in [6.45, 7) is 3.47. The molecule has 1 aromatic rings. The van der Waals surface area contributed by atoms with Crippen LogP contribution in [-0.4, -0.2) is 35.9 Å². The lowest BCUT2D eigenvalue weighted by Gasteiger charge is -2.19. The molecule has 0 amide bonds. The van der Waals surface area contributed by atoms with Crippen LogP contribution in [-0.2, 0) is 4.79 Å². The Labute approximate surface area is 134 Å². The van der Waals surface area contributed by atoms with Crippen molar-refractivity contribution in [3.8, 4) is 0 Å². The number of hydrogen-bond acceptors (Lipinski definition) is 3. The molecule has 1 N–H and O–H groups in total. The maximum Gasteiger partial charge on any atom is 0.341 e. The quantitative estimate of drug-likeness (QED) is 0.386. The fraction of sp³-hybridized carbons (Fsp3) is 0.333. The minimum Gasteiger partial charge on any atom is -0.477 e. The number of carboxylic acids is 1. The Morgan fingerprint density at radius 3 is 2.24 bits per heavy atom. The van der Waals surface area contributed by atoms with Crippen LogP contribution in [0.1, 0.15) is 29.3 Å². The molecule has 0 saturated heterocycles. The number of aliphatic carboxylic acids is 1. The molecule has 0 unspecified atom stereocenters. The molecule has 0 spiro atoms. The van der Waals surface area contributed by atoms with Crippen LogP contribution in [0.5, 0.6) is 0 Å². The first-order valence-electron chi connectivity index (χ1n) is 6.35. The summed E-state index contributed by atoms with van der Waals surface area (Å²) in [4.78, 5) is 25.7. The summed E-state index contributed by atoms with van der Waals surface area (Å²) in [7, 11) is 3.40. The second-order valence-electron chi connectivity index (χ2n) is 4.74. The molecular weight excluding hydrogens is 313 g/mol. The van der Waals surface area contributed by atoms with E-state index in [0.717, 1.165) is 0 Å². The summed E-state index contributed by atoms with van der Waals surface area (Å²) >= 11 is 12.1. The molecule has 21 heavy (non-hydrogen) atoms. The van der Waals surface area contributed by atoms with Crippen molar-refractivity contribution in [2.75, 3.05) is 14.1 Å². The first-order chi connectivity index (χ1) is 9.72. The van der Waals surface area contributed by atoms with Crippen molar-refractivity contribution < 1.29 is 14.7 Å². The smallest absolute Gasteiger partial charge is 0.341 e. The van der Waals surface area contributed by atoms with E-state index in [1.165, 1.54) is 12.1 Å². The zero-order valence-electron chi connectivity index (χ0n) is 12.3. The first kappa shape index (κ1) is 17.5. The summed E-state index contributed by atoms with van der Waals surface area (Å²) < 4.78 is 0. The second kappa shape index (κ2) is 6.96. The molecular formula is C15H17Cl2NO3. The van der Waals surface area contributed by atoms with E-state index in [0.29, 0.717) is 22.7 Å². The maximum atomic E-state index is 12.6. The molecule has 0 fully saturated rings. The average Bonchev–Trinajstić information content (AvgIpc) is 2.40. The number of Topliss-reactive ketones (excluding diaryl/α,β-unsaturated/α-hetero) is 1. The molecule has 1 aromatic carbocycles. The van der Waals surface area contributed by atoms with Gasteiger partial charge in [0.05, 0.1) is 5.02 Å². The molecule has 0 bridgehead atoms. The van der Waals surface area contributed by atoms with Gasteiger partial charge < -0.3 is 10.0 Å². The third-order valence-corrected chi connectivity index (χ3v) is 4.07. The molecule has 6 heteroatoms. The van der Waals surface area contributed by atoms with Crippen LogP contribution in [0.15, 0.2) is 23.4 Å². The van der Waals surface area contributed by atoms with Gasteiger partial charge in [-0.1, -0.05) is 30.1 Å². The summed E-state index contributed by atoms with van der Waals surface area (Å²) in [5.74, 6) is -1.88. The van der Waals surface area contributed by atoms with E-state index >= 15 is 0 Å². The molecule has 0 radical (unpaired) electrons. The Kier molecular flexibility index (Phi) is 5.81. The Morgan fingerprint density at radius 1 is 1.24 bits per heavy atom. The molecule has 0 aliphatic carbocycles. The van der Waals surface area contributed by atoms with E-state index in [-0.39, 0.29) is 16.2 Å². The van der Waals surface area contributed by atoms with Crippen LogP contribution in [0.3, 0.4) is 0 Å². The van der Waals surface area contributed by atoms with Crippen LogP contribution < -0.4 is 0 Å². The van der Waals surface area contributed by atoms with Crippen LogP contribution in [0.4, 0.5) is 0 Å². The Hall–Kier alpha value is -1.52. The van der Waals surface area contributed by atoms with Crippen molar-refractivity contribution >= 4 is 35.0 Å². The maximum absolute atomic E-state index is 12.6. The van der Waals surface area contributed by atoms with Gasteiger partial charge in [0.15, 0.2) is 0 Å². The van der Waals surface area contributed by atoms with Crippen molar-refractivity contribution in [2.45, 2.75) is 20.3 Å². The molecule has 0 saturated carbocycles. The highest BCUT2D eigenvalue weighted by atomic mass is 35.5. The zero-order chi connectivity index (χ0) is 16.3. The molecule has 114 valence electrons. The van der Waals surface area contributed by atoms with Crippen molar-refractivity contribution in [1.82, 2.24) is 4.90 Å². The topological polar surface area (TPSA) is 57.6 Å². The van der Waals surface area contributed by atoms with Crippen molar-refractivity contribution in [3.63, 3.8) is 0 Å². The lowest BCUT2D eigenvalue weighted by atomic mass is 9.98. The SMILES string of the molecule is CCC(=C(C(=O)O)C(=O)c1ccc(Cl)c(C)c1Cl)N(C)C. The van der Waals surface area contributed by atoms with Gasteiger partial charge in [-0.05, 0) is 31.0 Å². The fourth-order valence-electron chi connectivity index (χ4n) is 2.04. The van der Waals surface area contributed by atoms with Gasteiger partial charge in [0.25, 0.3) is 0 Å². The molecule has 0 atom stereocenters. The number of halogens is 2. The van der Waals surface area contributed by atoms with Gasteiger partial charge in [0.1, 0.15) is 5.57 Å². The van der Waals surface area contributed by atoms with Gasteiger partial charge >= 0.3 is 5.97 Å². The highest BCUT2D eigenvalue weighted by molar-refractivity contribution is 6.40. The minimum absolute atomic E-state index is 0.142. The predicted molar refractivity (Wildman–Crippen MR) is 84.2 cm³/mol. The number of allylic oxidation sites excluding steroid dienone is 1. The van der Waals surface area contributed by atoms with Crippen molar-refractivity contribution in [3.05, 3.63) is 44.6 Å². The van der Waals surface area contributed by atoms with Gasteiger partial charge in [0.2, 0.25) is 5.78 Å². The van der Waals surface area contributed by atoms with E-state index in [4.69, 9.17) is 23.2 Å². The molecule has 0 heterocycles. The van der Waals surface area contributed by atoms with Crippen molar-refractivity contribution in [2.24, 2.45) is 0 Å². The molecule has 0 aromatic heterocycles. The predicted octanol–water partition coefficient (Wildman–Crippen LogP) is 3.79. The summed E-state index contributed by atoms with van der Waals surface area (Å²) in [6, 6.07) is 2.99. The van der Waals surface area contributed by atoms with E-state index in [2.05, 4.69) is 0 Å². The van der Waals surface area contributed by atoms with Gasteiger partial charge in [-0.15, -0.1) is 0 Å². The standard InChI is InChI=1S/C15H17Cl2NO3/c1-5-11(18(3)4)12(15(20)21)14(19)9-6-7-10(16)8(2)13(9)17/h6-7H,5H2,1-4H3,(H,20,21). The van der Waals surface area contributed by atoms with Crippen LogP contribution in [0.2, 0.25) is 10.0 Å². The van der Waals surface area contributed by atoms with E-state index in [1.807, 2.05) is 0 Å².